The van der Waals surface area contributed by atoms with Crippen LogP contribution in [0.25, 0.3) is 0 Å². The van der Waals surface area contributed by atoms with Crippen LogP contribution in [0.5, 0.6) is 0 Å². The van der Waals surface area contributed by atoms with E-state index in [4.69, 9.17) is 0 Å². The maximum atomic E-state index is 3.88. The van der Waals surface area contributed by atoms with Gasteiger partial charge in [0.15, 0.2) is 0 Å². The highest BCUT2D eigenvalue weighted by molar-refractivity contribution is 5.59. The Morgan fingerprint density at radius 2 is 2.50 bits per heavy atom. The SMILES string of the molecule is C1=NCNNC1. The molecule has 0 saturated carbocycles. The van der Waals surface area contributed by atoms with Gasteiger partial charge in [-0.05, 0) is 0 Å². The minimum atomic E-state index is 0.708. The van der Waals surface area contributed by atoms with Gasteiger partial charge in [0.1, 0.15) is 6.67 Å². The molecule has 0 atom stereocenters. The van der Waals surface area contributed by atoms with Gasteiger partial charge in [-0.2, -0.15) is 0 Å². The molecule has 34 valence electrons. The van der Waals surface area contributed by atoms with Crippen molar-refractivity contribution in [3.63, 3.8) is 0 Å². The van der Waals surface area contributed by atoms with Crippen LogP contribution in [0.1, 0.15) is 0 Å². The predicted octanol–water partition coefficient (Wildman–Crippen LogP) is -0.878. The Morgan fingerprint density at radius 1 is 1.50 bits per heavy atom. The third-order valence-corrected chi connectivity index (χ3v) is 0.618. The lowest BCUT2D eigenvalue weighted by Crippen LogP contribution is -2.36. The number of hydrazine groups is 1. The van der Waals surface area contributed by atoms with Crippen molar-refractivity contribution in [2.75, 3.05) is 13.2 Å². The molecule has 0 amide bonds. The van der Waals surface area contributed by atoms with E-state index in [1.807, 2.05) is 6.21 Å². The molecule has 0 radical (unpaired) electrons. The van der Waals surface area contributed by atoms with Crippen LogP contribution < -0.4 is 10.9 Å². The Bertz CT molecular complexity index is 51.1. The zero-order chi connectivity index (χ0) is 4.24. The highest BCUT2D eigenvalue weighted by Crippen LogP contribution is 1.62. The first-order valence-electron chi connectivity index (χ1n) is 1.94. The highest BCUT2D eigenvalue weighted by Gasteiger charge is 1.82. The molecule has 6 heavy (non-hydrogen) atoms. The van der Waals surface area contributed by atoms with Crippen molar-refractivity contribution in [3.05, 3.63) is 0 Å². The molecule has 2 N–H and O–H groups in total. The summed E-state index contributed by atoms with van der Waals surface area (Å²) in [4.78, 5) is 3.88. The van der Waals surface area contributed by atoms with E-state index in [0.717, 1.165) is 6.54 Å². The molecule has 3 heteroatoms. The minimum Gasteiger partial charge on any atom is -0.279 e. The molecule has 1 aliphatic heterocycles. The Kier molecular flexibility index (Phi) is 1.19. The molecule has 0 spiro atoms. The van der Waals surface area contributed by atoms with Gasteiger partial charge in [0.05, 0.1) is 0 Å². The maximum absolute atomic E-state index is 3.88. The predicted molar refractivity (Wildman–Crippen MR) is 24.5 cm³/mol. The zero-order valence-corrected chi connectivity index (χ0v) is 3.44. The second-order valence-corrected chi connectivity index (χ2v) is 1.08. The van der Waals surface area contributed by atoms with Crippen LogP contribution in [-0.2, 0) is 0 Å². The third-order valence-electron chi connectivity index (χ3n) is 0.618. The van der Waals surface area contributed by atoms with E-state index in [1.54, 1.807) is 0 Å². The van der Waals surface area contributed by atoms with Gasteiger partial charge in [0.2, 0.25) is 0 Å². The zero-order valence-electron chi connectivity index (χ0n) is 3.44. The van der Waals surface area contributed by atoms with Gasteiger partial charge < -0.3 is 0 Å². The van der Waals surface area contributed by atoms with Crippen LogP contribution in [-0.4, -0.2) is 19.4 Å². The molecule has 3 nitrogen and oxygen atoms in total. The summed E-state index contributed by atoms with van der Waals surface area (Å²) >= 11 is 0. The summed E-state index contributed by atoms with van der Waals surface area (Å²) < 4.78 is 0. The van der Waals surface area contributed by atoms with E-state index in [0.29, 0.717) is 6.67 Å². The van der Waals surface area contributed by atoms with Gasteiger partial charge >= 0.3 is 0 Å². The van der Waals surface area contributed by atoms with Crippen LogP contribution in [0.4, 0.5) is 0 Å². The van der Waals surface area contributed by atoms with Crippen molar-refractivity contribution in [3.8, 4) is 0 Å². The lowest BCUT2D eigenvalue weighted by Gasteiger charge is -2.03. The summed E-state index contributed by atoms with van der Waals surface area (Å²) in [5.41, 5.74) is 5.72. The lowest BCUT2D eigenvalue weighted by molar-refractivity contribution is 0.573. The maximum Gasteiger partial charge on any atom is 0.101 e. The Balaban J connectivity index is 2.26. The Hall–Kier alpha value is -0.410. The summed E-state index contributed by atoms with van der Waals surface area (Å²) in [5.74, 6) is 0. The van der Waals surface area contributed by atoms with Gasteiger partial charge in [-0.15, -0.1) is 0 Å². The lowest BCUT2D eigenvalue weighted by atomic mass is 10.7. The summed E-state index contributed by atoms with van der Waals surface area (Å²) in [5, 5.41) is 0. The molecular weight excluding hydrogens is 78.1 g/mol. The van der Waals surface area contributed by atoms with Crippen molar-refractivity contribution in [1.82, 2.24) is 10.9 Å². The molecule has 1 aliphatic rings. The molecule has 0 bridgehead atoms. The van der Waals surface area contributed by atoms with Crippen LogP contribution in [0.15, 0.2) is 4.99 Å². The van der Waals surface area contributed by atoms with Crippen LogP contribution in [0, 0.1) is 0 Å². The average Bonchev–Trinajstić information content (AvgIpc) is 1.72. The van der Waals surface area contributed by atoms with Crippen molar-refractivity contribution >= 4 is 6.21 Å². The Labute approximate surface area is 36.4 Å². The van der Waals surface area contributed by atoms with E-state index in [-0.39, 0.29) is 0 Å². The number of nitrogens with one attached hydrogen (secondary N) is 2. The standard InChI is InChI=1S/C3H7N3/c1-2-5-6-3-4-1/h1,5-6H,2-3H2. The van der Waals surface area contributed by atoms with Crippen molar-refractivity contribution in [1.29, 1.82) is 0 Å². The summed E-state index contributed by atoms with van der Waals surface area (Å²) in [6.45, 7) is 1.56. The van der Waals surface area contributed by atoms with Crippen molar-refractivity contribution in [2.24, 2.45) is 4.99 Å². The van der Waals surface area contributed by atoms with Crippen molar-refractivity contribution < 1.29 is 0 Å². The van der Waals surface area contributed by atoms with Gasteiger partial charge in [0.25, 0.3) is 0 Å². The first-order chi connectivity index (χ1) is 3.00. The topological polar surface area (TPSA) is 36.4 Å². The van der Waals surface area contributed by atoms with E-state index in [2.05, 4.69) is 15.8 Å². The first kappa shape index (κ1) is 3.77. The molecule has 0 unspecified atom stereocenters. The van der Waals surface area contributed by atoms with E-state index < -0.39 is 0 Å². The Morgan fingerprint density at radius 3 is 2.67 bits per heavy atom. The first-order valence-corrected chi connectivity index (χ1v) is 1.94. The fourth-order valence-corrected chi connectivity index (χ4v) is 0.348. The molecule has 0 aromatic heterocycles. The second kappa shape index (κ2) is 1.89. The third kappa shape index (κ3) is 0.771. The fourth-order valence-electron chi connectivity index (χ4n) is 0.348. The van der Waals surface area contributed by atoms with Gasteiger partial charge in [0, 0.05) is 12.8 Å². The molecule has 0 fully saturated rings. The van der Waals surface area contributed by atoms with Crippen molar-refractivity contribution in [2.45, 2.75) is 0 Å². The monoisotopic (exact) mass is 85.1 g/mol. The summed E-state index contributed by atoms with van der Waals surface area (Å²) in [7, 11) is 0. The smallest absolute Gasteiger partial charge is 0.101 e. The highest BCUT2D eigenvalue weighted by atomic mass is 15.4. The number of aliphatic imine (C=N–C) groups is 1. The van der Waals surface area contributed by atoms with Crippen LogP contribution in [0.2, 0.25) is 0 Å². The second-order valence-electron chi connectivity index (χ2n) is 1.08. The van der Waals surface area contributed by atoms with Gasteiger partial charge in [-0.25, -0.2) is 5.43 Å². The molecule has 1 heterocycles. The normalized spacial score (nSPS) is 21.3. The fraction of sp³-hybridized carbons (Fsp3) is 0.667. The number of hydrogen-bond acceptors (Lipinski definition) is 3. The molecule has 1 rings (SSSR count). The van der Waals surface area contributed by atoms with E-state index in [1.165, 1.54) is 0 Å². The van der Waals surface area contributed by atoms with Gasteiger partial charge in [-0.3, -0.25) is 10.4 Å². The minimum absolute atomic E-state index is 0.708. The molecule has 0 aromatic carbocycles. The summed E-state index contributed by atoms with van der Waals surface area (Å²) in [6, 6.07) is 0. The molecule has 0 aliphatic carbocycles. The largest absolute Gasteiger partial charge is 0.279 e. The molecule has 0 saturated heterocycles. The molecular formula is C3H7N3. The number of nitrogens with zero attached hydrogens (tertiary/aromatic N) is 1. The van der Waals surface area contributed by atoms with Gasteiger partial charge in [-0.1, -0.05) is 0 Å². The summed E-state index contributed by atoms with van der Waals surface area (Å²) in [6.07, 6.45) is 1.84. The quantitative estimate of drug-likeness (QED) is 0.401. The van der Waals surface area contributed by atoms with E-state index in [9.17, 15) is 0 Å². The number of hydrogen-bond donors (Lipinski definition) is 2. The number of rotatable bonds is 0. The van der Waals surface area contributed by atoms with E-state index >= 15 is 0 Å². The molecule has 0 aromatic rings. The average molecular weight is 85.1 g/mol. The van der Waals surface area contributed by atoms with Crippen LogP contribution >= 0.6 is 0 Å². The van der Waals surface area contributed by atoms with Crippen LogP contribution in [0.3, 0.4) is 0 Å².